The number of aliphatic hydroxyl groups excluding tert-OH is 1. The summed E-state index contributed by atoms with van der Waals surface area (Å²) in [5, 5.41) is 13.6. The Morgan fingerprint density at radius 3 is 2.71 bits per heavy atom. The summed E-state index contributed by atoms with van der Waals surface area (Å²) in [4.78, 5) is 9.23. The van der Waals surface area contributed by atoms with E-state index >= 15 is 0 Å². The van der Waals surface area contributed by atoms with Crippen LogP contribution >= 0.6 is 0 Å². The molecule has 0 amide bonds. The van der Waals surface area contributed by atoms with Crippen LogP contribution in [0.2, 0.25) is 0 Å². The van der Waals surface area contributed by atoms with E-state index in [4.69, 9.17) is 8.94 Å². The molecule has 1 aliphatic heterocycles. The molecule has 0 spiro atoms. The number of aryl methyl sites for hydroxylation is 1. The molecule has 7 nitrogen and oxygen atoms in total. The molecule has 1 atom stereocenters. The second-order valence-electron chi connectivity index (χ2n) is 7.26. The van der Waals surface area contributed by atoms with E-state index in [0.717, 1.165) is 49.7 Å². The first-order chi connectivity index (χ1) is 13.7. The number of aromatic nitrogens is 2. The Balaban J connectivity index is 1.38. The maximum atomic E-state index is 9.50. The van der Waals surface area contributed by atoms with Gasteiger partial charge in [0.1, 0.15) is 11.5 Å². The Labute approximate surface area is 164 Å². The number of furan rings is 1. The molecule has 0 bridgehead atoms. The minimum atomic E-state index is 0.172. The largest absolute Gasteiger partial charge is 0.465 e. The summed E-state index contributed by atoms with van der Waals surface area (Å²) in [6.45, 7) is 6.18. The van der Waals surface area contributed by atoms with E-state index in [2.05, 4.69) is 19.9 Å². The van der Waals surface area contributed by atoms with Crippen LogP contribution in [0.25, 0.3) is 11.4 Å². The Kier molecular flexibility index (Phi) is 5.85. The maximum Gasteiger partial charge on any atom is 0.241 e. The molecule has 1 aliphatic rings. The fourth-order valence-electron chi connectivity index (χ4n) is 3.72. The summed E-state index contributed by atoms with van der Waals surface area (Å²) < 4.78 is 11.2. The highest BCUT2D eigenvalue weighted by atomic mass is 16.5. The zero-order valence-electron chi connectivity index (χ0n) is 16.1. The van der Waals surface area contributed by atoms with Crippen molar-refractivity contribution >= 4 is 0 Å². The second kappa shape index (κ2) is 8.68. The minimum Gasteiger partial charge on any atom is -0.465 e. The molecule has 7 heteroatoms. The van der Waals surface area contributed by atoms with Crippen LogP contribution in [0.3, 0.4) is 0 Å². The predicted octanol–water partition coefficient (Wildman–Crippen LogP) is 2.71. The number of nitrogens with zero attached hydrogens (tertiary/aromatic N) is 4. The zero-order chi connectivity index (χ0) is 19.3. The van der Waals surface area contributed by atoms with Gasteiger partial charge in [0, 0.05) is 37.8 Å². The lowest BCUT2D eigenvalue weighted by atomic mass is 10.1. The molecular formula is C21H26N4O3. The van der Waals surface area contributed by atoms with E-state index in [1.54, 1.807) is 0 Å². The molecule has 28 heavy (non-hydrogen) atoms. The number of rotatable bonds is 7. The average Bonchev–Trinajstić information content (AvgIpc) is 3.34. The fourth-order valence-corrected chi connectivity index (χ4v) is 3.72. The Hall–Kier alpha value is -2.48. The third kappa shape index (κ3) is 4.49. The first-order valence-electron chi connectivity index (χ1n) is 9.72. The molecule has 3 heterocycles. The highest BCUT2D eigenvalue weighted by Gasteiger charge is 2.28. The van der Waals surface area contributed by atoms with Gasteiger partial charge < -0.3 is 14.0 Å². The Morgan fingerprint density at radius 1 is 1.11 bits per heavy atom. The Morgan fingerprint density at radius 2 is 1.96 bits per heavy atom. The van der Waals surface area contributed by atoms with Gasteiger partial charge in [-0.25, -0.2) is 0 Å². The van der Waals surface area contributed by atoms with E-state index < -0.39 is 0 Å². The van der Waals surface area contributed by atoms with Crippen molar-refractivity contribution in [1.82, 2.24) is 19.9 Å². The van der Waals surface area contributed by atoms with Gasteiger partial charge in [-0.15, -0.1) is 0 Å². The van der Waals surface area contributed by atoms with Crippen molar-refractivity contribution in [2.45, 2.75) is 32.5 Å². The molecule has 0 radical (unpaired) electrons. The first kappa shape index (κ1) is 18.9. The van der Waals surface area contributed by atoms with Crippen molar-refractivity contribution in [2.24, 2.45) is 0 Å². The third-order valence-electron chi connectivity index (χ3n) is 5.16. The normalized spacial score (nSPS) is 18.6. The van der Waals surface area contributed by atoms with Crippen LogP contribution in [0, 0.1) is 6.92 Å². The molecule has 1 N–H and O–H groups in total. The van der Waals surface area contributed by atoms with Gasteiger partial charge in [0.15, 0.2) is 0 Å². The van der Waals surface area contributed by atoms with Crippen LogP contribution in [-0.4, -0.2) is 57.3 Å². The summed E-state index contributed by atoms with van der Waals surface area (Å²) in [6.07, 6.45) is 0.731. The van der Waals surface area contributed by atoms with Gasteiger partial charge in [0.25, 0.3) is 0 Å². The van der Waals surface area contributed by atoms with Gasteiger partial charge >= 0.3 is 0 Å². The van der Waals surface area contributed by atoms with Crippen LogP contribution in [0.1, 0.15) is 23.8 Å². The molecule has 2 aromatic heterocycles. The predicted molar refractivity (Wildman–Crippen MR) is 104 cm³/mol. The molecule has 1 saturated heterocycles. The summed E-state index contributed by atoms with van der Waals surface area (Å²) >= 11 is 0. The lowest BCUT2D eigenvalue weighted by molar-refractivity contribution is 0.0408. The number of benzene rings is 1. The van der Waals surface area contributed by atoms with Crippen molar-refractivity contribution in [3.63, 3.8) is 0 Å². The van der Waals surface area contributed by atoms with Gasteiger partial charge in [-0.2, -0.15) is 4.98 Å². The molecule has 1 fully saturated rings. The highest BCUT2D eigenvalue weighted by Crippen LogP contribution is 2.20. The van der Waals surface area contributed by atoms with Gasteiger partial charge in [0.05, 0.1) is 13.1 Å². The molecule has 148 valence electrons. The summed E-state index contributed by atoms with van der Waals surface area (Å²) in [5.41, 5.74) is 0.953. The zero-order valence-corrected chi connectivity index (χ0v) is 16.1. The van der Waals surface area contributed by atoms with Crippen LogP contribution in [-0.2, 0) is 13.1 Å². The maximum absolute atomic E-state index is 9.50. The molecule has 4 rings (SSSR count). The summed E-state index contributed by atoms with van der Waals surface area (Å²) in [5.74, 6) is 3.14. The van der Waals surface area contributed by atoms with Crippen molar-refractivity contribution in [3.05, 3.63) is 59.9 Å². The fraction of sp³-hybridized carbons (Fsp3) is 0.429. The number of hydrogen-bond acceptors (Lipinski definition) is 7. The molecule has 1 unspecified atom stereocenters. The number of aliphatic hydroxyl groups is 1. The molecule has 3 aromatic rings. The first-order valence-corrected chi connectivity index (χ1v) is 9.72. The van der Waals surface area contributed by atoms with E-state index in [1.807, 2.05) is 49.4 Å². The number of hydrogen-bond donors (Lipinski definition) is 1. The lowest BCUT2D eigenvalue weighted by Crippen LogP contribution is -2.52. The minimum absolute atomic E-state index is 0.172. The van der Waals surface area contributed by atoms with Gasteiger partial charge in [-0.1, -0.05) is 35.5 Å². The van der Waals surface area contributed by atoms with Crippen molar-refractivity contribution in [2.75, 3.05) is 26.2 Å². The standard InChI is InChI=1S/C21H26N4O3/c1-16-7-8-19(27-16)14-25-11-10-24(13-18(25)9-12-26)15-20-22-21(23-28-20)17-5-3-2-4-6-17/h2-8,18,26H,9-15H2,1H3. The molecule has 0 aliphatic carbocycles. The van der Waals surface area contributed by atoms with Crippen LogP contribution < -0.4 is 0 Å². The van der Waals surface area contributed by atoms with E-state index in [0.29, 0.717) is 18.3 Å². The van der Waals surface area contributed by atoms with Crippen LogP contribution in [0.15, 0.2) is 51.4 Å². The lowest BCUT2D eigenvalue weighted by Gasteiger charge is -2.40. The smallest absolute Gasteiger partial charge is 0.241 e. The second-order valence-corrected chi connectivity index (χ2v) is 7.26. The van der Waals surface area contributed by atoms with E-state index in [9.17, 15) is 5.11 Å². The summed E-state index contributed by atoms with van der Waals surface area (Å²) in [6, 6.07) is 14.1. The van der Waals surface area contributed by atoms with Gasteiger partial charge in [-0.05, 0) is 25.5 Å². The highest BCUT2D eigenvalue weighted by molar-refractivity contribution is 5.53. The molecule has 1 aromatic carbocycles. The SMILES string of the molecule is Cc1ccc(CN2CCN(Cc3nc(-c4ccccc4)no3)CC2CCO)o1. The van der Waals surface area contributed by atoms with Crippen molar-refractivity contribution in [1.29, 1.82) is 0 Å². The third-order valence-corrected chi connectivity index (χ3v) is 5.16. The van der Waals surface area contributed by atoms with E-state index in [1.165, 1.54) is 0 Å². The average molecular weight is 382 g/mol. The topological polar surface area (TPSA) is 78.8 Å². The molecule has 0 saturated carbocycles. The molecular weight excluding hydrogens is 356 g/mol. The van der Waals surface area contributed by atoms with Gasteiger partial charge in [0.2, 0.25) is 11.7 Å². The van der Waals surface area contributed by atoms with Crippen LogP contribution in [0.5, 0.6) is 0 Å². The van der Waals surface area contributed by atoms with Crippen molar-refractivity contribution in [3.8, 4) is 11.4 Å². The van der Waals surface area contributed by atoms with Crippen LogP contribution in [0.4, 0.5) is 0 Å². The Bertz CT molecular complexity index is 877. The van der Waals surface area contributed by atoms with Crippen molar-refractivity contribution < 1.29 is 14.0 Å². The van der Waals surface area contributed by atoms with E-state index in [-0.39, 0.29) is 12.6 Å². The van der Waals surface area contributed by atoms with Gasteiger partial charge in [-0.3, -0.25) is 9.80 Å². The number of piperazine rings is 1. The monoisotopic (exact) mass is 382 g/mol. The quantitative estimate of drug-likeness (QED) is 0.673. The summed E-state index contributed by atoms with van der Waals surface area (Å²) in [7, 11) is 0.